The molecular formula is C4H13O6P. The van der Waals surface area contributed by atoms with Crippen LogP contribution in [0.3, 0.4) is 0 Å². The molecule has 0 heterocycles. The summed E-state index contributed by atoms with van der Waals surface area (Å²) < 4.78 is 18.5. The van der Waals surface area contributed by atoms with Gasteiger partial charge in [-0.05, 0) is 0 Å². The molecule has 11 heavy (non-hydrogen) atoms. The largest absolute Gasteiger partial charge is 0.469 e. The van der Waals surface area contributed by atoms with Gasteiger partial charge in [-0.25, -0.2) is 4.57 Å². The topological polar surface area (TPSA) is 96.2 Å². The Morgan fingerprint density at radius 2 is 2.09 bits per heavy atom. The van der Waals surface area contributed by atoms with Crippen LogP contribution in [0.2, 0.25) is 0 Å². The average Bonchev–Trinajstić information content (AvgIpc) is 1.83. The molecule has 0 spiro atoms. The summed E-state index contributed by atoms with van der Waals surface area (Å²) in [4.78, 5) is 16.3. The smallest absolute Gasteiger partial charge is 0.388 e. The lowest BCUT2D eigenvalue weighted by Crippen LogP contribution is -2.19. The molecule has 0 bridgehead atoms. The SMILES string of the molecule is COCC(O)COP(=O)(O)O.[HH]. The summed E-state index contributed by atoms with van der Waals surface area (Å²) in [5, 5.41) is 8.82. The number of hydrogen-bond donors (Lipinski definition) is 3. The molecule has 0 radical (unpaired) electrons. The van der Waals surface area contributed by atoms with E-state index in [1.54, 1.807) is 0 Å². The lowest BCUT2D eigenvalue weighted by Gasteiger charge is -2.09. The van der Waals surface area contributed by atoms with Crippen LogP contribution in [0.1, 0.15) is 1.43 Å². The van der Waals surface area contributed by atoms with E-state index in [0.29, 0.717) is 0 Å². The predicted octanol–water partition coefficient (Wildman–Crippen LogP) is -0.651. The second-order valence-electron chi connectivity index (χ2n) is 1.90. The molecule has 70 valence electrons. The van der Waals surface area contributed by atoms with Crippen LogP contribution in [0.25, 0.3) is 0 Å². The van der Waals surface area contributed by atoms with Crippen LogP contribution in [-0.4, -0.2) is 41.3 Å². The van der Waals surface area contributed by atoms with Gasteiger partial charge in [0.25, 0.3) is 0 Å². The highest BCUT2D eigenvalue weighted by Crippen LogP contribution is 2.35. The number of methoxy groups -OCH3 is 1. The van der Waals surface area contributed by atoms with Crippen molar-refractivity contribution in [1.29, 1.82) is 0 Å². The van der Waals surface area contributed by atoms with Crippen molar-refractivity contribution in [3.63, 3.8) is 0 Å². The Balaban J connectivity index is 0. The van der Waals surface area contributed by atoms with Gasteiger partial charge in [0, 0.05) is 8.54 Å². The molecule has 0 aromatic carbocycles. The van der Waals surface area contributed by atoms with Crippen molar-refractivity contribution in [1.82, 2.24) is 0 Å². The monoisotopic (exact) mass is 188 g/mol. The van der Waals surface area contributed by atoms with E-state index in [4.69, 9.17) is 14.9 Å². The lowest BCUT2D eigenvalue weighted by molar-refractivity contribution is 0.0238. The zero-order valence-electron chi connectivity index (χ0n) is 6.01. The van der Waals surface area contributed by atoms with Crippen LogP contribution in [0.5, 0.6) is 0 Å². The molecule has 0 saturated carbocycles. The highest BCUT2D eigenvalue weighted by atomic mass is 31.2. The molecule has 0 aliphatic rings. The molecule has 0 aliphatic heterocycles. The van der Waals surface area contributed by atoms with Gasteiger partial charge in [-0.15, -0.1) is 0 Å². The lowest BCUT2D eigenvalue weighted by atomic mass is 10.4. The standard InChI is InChI=1S/C4H11O6P.H2/c1-9-2-4(5)3-10-11(6,7)8;/h4-5H,2-3H2,1H3,(H2,6,7,8);1H. The molecule has 6 nitrogen and oxygen atoms in total. The Morgan fingerprint density at radius 1 is 1.55 bits per heavy atom. The Bertz CT molecular complexity index is 146. The maximum atomic E-state index is 10.1. The zero-order chi connectivity index (χ0) is 8.91. The number of rotatable bonds is 5. The normalized spacial score (nSPS) is 14.9. The molecule has 3 N–H and O–H groups in total. The van der Waals surface area contributed by atoms with Crippen molar-refractivity contribution in [2.75, 3.05) is 20.3 Å². The minimum absolute atomic E-state index is 0. The molecule has 0 amide bonds. The number of aliphatic hydroxyl groups is 1. The Kier molecular flexibility index (Phi) is 4.83. The fourth-order valence-corrected chi connectivity index (χ4v) is 0.790. The molecule has 1 atom stereocenters. The van der Waals surface area contributed by atoms with Gasteiger partial charge in [0.15, 0.2) is 0 Å². The summed E-state index contributed by atoms with van der Waals surface area (Å²) in [6, 6.07) is 0. The van der Waals surface area contributed by atoms with Crippen LogP contribution in [0.15, 0.2) is 0 Å². The van der Waals surface area contributed by atoms with Gasteiger partial charge >= 0.3 is 7.82 Å². The molecule has 0 aliphatic carbocycles. The molecule has 0 rings (SSSR count). The molecule has 7 heteroatoms. The van der Waals surface area contributed by atoms with Crippen molar-refractivity contribution in [3.05, 3.63) is 0 Å². The van der Waals surface area contributed by atoms with Gasteiger partial charge in [-0.2, -0.15) is 0 Å². The van der Waals surface area contributed by atoms with Gasteiger partial charge < -0.3 is 19.6 Å². The molecule has 1 unspecified atom stereocenters. The first-order valence-corrected chi connectivity index (χ1v) is 4.36. The van der Waals surface area contributed by atoms with Crippen LogP contribution >= 0.6 is 7.82 Å². The van der Waals surface area contributed by atoms with Crippen LogP contribution < -0.4 is 0 Å². The van der Waals surface area contributed by atoms with Crippen molar-refractivity contribution in [2.24, 2.45) is 0 Å². The first kappa shape index (κ1) is 11.0. The average molecular weight is 188 g/mol. The summed E-state index contributed by atoms with van der Waals surface area (Å²) in [6.45, 7) is -0.446. The quantitative estimate of drug-likeness (QED) is 0.496. The third-order valence-corrected chi connectivity index (χ3v) is 1.28. The Morgan fingerprint density at radius 3 is 2.45 bits per heavy atom. The maximum absolute atomic E-state index is 10.1. The van der Waals surface area contributed by atoms with Crippen molar-refractivity contribution < 1.29 is 30.1 Å². The van der Waals surface area contributed by atoms with Gasteiger partial charge in [0.2, 0.25) is 0 Å². The van der Waals surface area contributed by atoms with E-state index in [1.165, 1.54) is 7.11 Å². The minimum Gasteiger partial charge on any atom is -0.388 e. The van der Waals surface area contributed by atoms with E-state index in [0.717, 1.165) is 0 Å². The van der Waals surface area contributed by atoms with Crippen molar-refractivity contribution in [3.8, 4) is 0 Å². The first-order chi connectivity index (χ1) is 4.95. The number of hydrogen-bond acceptors (Lipinski definition) is 4. The number of ether oxygens (including phenoxy) is 1. The van der Waals surface area contributed by atoms with Crippen molar-refractivity contribution >= 4 is 7.82 Å². The maximum Gasteiger partial charge on any atom is 0.469 e. The number of aliphatic hydroxyl groups excluding tert-OH is 1. The summed E-state index contributed by atoms with van der Waals surface area (Å²) in [5.74, 6) is 0. The van der Waals surface area contributed by atoms with E-state index in [2.05, 4.69) is 9.26 Å². The molecule has 0 aromatic heterocycles. The fraction of sp³-hybridized carbons (Fsp3) is 1.00. The second kappa shape index (κ2) is 4.82. The summed E-state index contributed by atoms with van der Waals surface area (Å²) in [6.07, 6.45) is -1.01. The van der Waals surface area contributed by atoms with E-state index < -0.39 is 20.5 Å². The van der Waals surface area contributed by atoms with Crippen LogP contribution in [-0.2, 0) is 13.8 Å². The summed E-state index contributed by atoms with van der Waals surface area (Å²) in [7, 11) is -3.10. The second-order valence-corrected chi connectivity index (χ2v) is 3.13. The summed E-state index contributed by atoms with van der Waals surface area (Å²) in [5.41, 5.74) is 0. The van der Waals surface area contributed by atoms with Crippen LogP contribution in [0, 0.1) is 0 Å². The highest BCUT2D eigenvalue weighted by Gasteiger charge is 2.16. The van der Waals surface area contributed by atoms with E-state index >= 15 is 0 Å². The molecule has 0 aromatic rings. The first-order valence-electron chi connectivity index (χ1n) is 2.83. The third-order valence-electron chi connectivity index (χ3n) is 0.794. The van der Waals surface area contributed by atoms with E-state index in [1.807, 2.05) is 0 Å². The van der Waals surface area contributed by atoms with Gasteiger partial charge in [0.1, 0.15) is 6.10 Å². The summed E-state index contributed by atoms with van der Waals surface area (Å²) >= 11 is 0. The Labute approximate surface area is 65.5 Å². The predicted molar refractivity (Wildman–Crippen MR) is 38.0 cm³/mol. The van der Waals surface area contributed by atoms with Gasteiger partial charge in [-0.1, -0.05) is 0 Å². The zero-order valence-corrected chi connectivity index (χ0v) is 6.90. The minimum atomic E-state index is -4.46. The fourth-order valence-electron chi connectivity index (χ4n) is 0.424. The molecule has 0 saturated heterocycles. The molecular weight excluding hydrogens is 175 g/mol. The highest BCUT2D eigenvalue weighted by molar-refractivity contribution is 7.46. The van der Waals surface area contributed by atoms with E-state index in [9.17, 15) is 4.57 Å². The van der Waals surface area contributed by atoms with E-state index in [-0.39, 0.29) is 8.03 Å². The number of phosphoric ester groups is 1. The van der Waals surface area contributed by atoms with Gasteiger partial charge in [0.05, 0.1) is 13.2 Å². The van der Waals surface area contributed by atoms with Crippen molar-refractivity contribution in [2.45, 2.75) is 6.10 Å². The third kappa shape index (κ3) is 7.93. The van der Waals surface area contributed by atoms with Gasteiger partial charge in [-0.3, -0.25) is 4.52 Å². The number of phosphoric acid groups is 1. The van der Waals surface area contributed by atoms with Crippen LogP contribution in [0.4, 0.5) is 0 Å². The molecule has 0 fully saturated rings. The Hall–Kier alpha value is 0.0300.